The predicted octanol–water partition coefficient (Wildman–Crippen LogP) is 2.21. The normalized spacial score (nSPS) is 11.0. The van der Waals surface area contributed by atoms with Gasteiger partial charge in [0.2, 0.25) is 17.7 Å². The van der Waals surface area contributed by atoms with Gasteiger partial charge in [-0.2, -0.15) is 4.98 Å². The summed E-state index contributed by atoms with van der Waals surface area (Å²) < 4.78 is 32.0. The highest BCUT2D eigenvalue weighted by Gasteiger charge is 2.18. The molecule has 1 aromatic heterocycles. The maximum absolute atomic E-state index is 12.4. The molecule has 0 saturated heterocycles. The summed E-state index contributed by atoms with van der Waals surface area (Å²) >= 11 is 5.95. The first-order valence-electron chi connectivity index (χ1n) is 6.71. The second-order valence-electron chi connectivity index (χ2n) is 4.77. The smallest absolute Gasteiger partial charge is 0.264 e. The van der Waals surface area contributed by atoms with E-state index in [0.717, 1.165) is 0 Å². The third-order valence-corrected chi connectivity index (χ3v) is 4.67. The number of carbonyl (C=O) groups is 1. The van der Waals surface area contributed by atoms with Crippen LogP contribution in [-0.2, 0) is 14.8 Å². The molecule has 8 nitrogen and oxygen atoms in total. The third kappa shape index (κ3) is 4.12. The molecule has 10 heteroatoms. The second kappa shape index (κ2) is 7.02. The maximum atomic E-state index is 12.4. The highest BCUT2D eigenvalue weighted by Crippen LogP contribution is 2.26. The maximum Gasteiger partial charge on any atom is 0.264 e. The number of methoxy groups -OCH3 is 1. The fraction of sp³-hybridized carbons (Fsp3) is 0.214. The van der Waals surface area contributed by atoms with E-state index in [1.54, 1.807) is 6.92 Å². The van der Waals surface area contributed by atoms with Crippen molar-refractivity contribution in [3.8, 4) is 5.88 Å². The van der Waals surface area contributed by atoms with Crippen molar-refractivity contribution in [3.05, 3.63) is 35.0 Å². The van der Waals surface area contributed by atoms with E-state index in [1.807, 2.05) is 0 Å². The zero-order valence-electron chi connectivity index (χ0n) is 13.1. The molecule has 1 heterocycles. The van der Waals surface area contributed by atoms with Crippen LogP contribution in [0.25, 0.3) is 0 Å². The summed E-state index contributed by atoms with van der Waals surface area (Å²) in [6.45, 7) is 2.96. The lowest BCUT2D eigenvalue weighted by Gasteiger charge is -2.10. The minimum atomic E-state index is -3.90. The van der Waals surface area contributed by atoms with Gasteiger partial charge in [-0.3, -0.25) is 4.79 Å². The lowest BCUT2D eigenvalue weighted by molar-refractivity contribution is -0.114. The van der Waals surface area contributed by atoms with Crippen LogP contribution in [0.15, 0.2) is 29.2 Å². The van der Waals surface area contributed by atoms with Gasteiger partial charge in [0.1, 0.15) is 5.02 Å². The average Bonchev–Trinajstić information content (AvgIpc) is 2.50. The second-order valence-corrected chi connectivity index (χ2v) is 6.83. The number of rotatable bonds is 5. The van der Waals surface area contributed by atoms with Gasteiger partial charge in [0.15, 0.2) is 0 Å². The first kappa shape index (κ1) is 18.0. The van der Waals surface area contributed by atoms with Crippen LogP contribution in [0.4, 0.5) is 11.6 Å². The van der Waals surface area contributed by atoms with Crippen LogP contribution < -0.4 is 14.8 Å². The fourth-order valence-electron chi connectivity index (χ4n) is 1.81. The van der Waals surface area contributed by atoms with Crippen molar-refractivity contribution in [3.63, 3.8) is 0 Å². The molecule has 2 N–H and O–H groups in total. The van der Waals surface area contributed by atoms with Crippen molar-refractivity contribution in [2.45, 2.75) is 18.7 Å². The number of carbonyl (C=O) groups excluding carboxylic acids is 1. The zero-order valence-corrected chi connectivity index (χ0v) is 14.7. The van der Waals surface area contributed by atoms with Crippen LogP contribution in [0.5, 0.6) is 5.88 Å². The monoisotopic (exact) mass is 370 g/mol. The van der Waals surface area contributed by atoms with Crippen LogP contribution >= 0.6 is 11.6 Å². The number of nitrogens with one attached hydrogen (secondary N) is 2. The minimum absolute atomic E-state index is 0.00762. The number of halogens is 1. The van der Waals surface area contributed by atoms with Crippen LogP contribution in [0.1, 0.15) is 12.6 Å². The Labute approximate surface area is 144 Å². The van der Waals surface area contributed by atoms with Gasteiger partial charge in [-0.05, 0) is 31.2 Å². The van der Waals surface area contributed by atoms with Crippen molar-refractivity contribution in [2.75, 3.05) is 17.1 Å². The number of amides is 1. The summed E-state index contributed by atoms with van der Waals surface area (Å²) in [6, 6.07) is 5.66. The van der Waals surface area contributed by atoms with Crippen molar-refractivity contribution in [1.29, 1.82) is 0 Å². The Morgan fingerprint density at radius 1 is 1.21 bits per heavy atom. The number of ether oxygens (including phenoxy) is 1. The Bertz CT molecular complexity index is 869. The third-order valence-electron chi connectivity index (χ3n) is 2.89. The van der Waals surface area contributed by atoms with E-state index >= 15 is 0 Å². The van der Waals surface area contributed by atoms with Gasteiger partial charge in [-0.15, -0.1) is 0 Å². The van der Waals surface area contributed by atoms with E-state index in [0.29, 0.717) is 11.4 Å². The molecule has 0 unspecified atom stereocenters. The SMILES string of the molecule is COc1nc(NS(=O)(=O)c2ccc(NC(C)=O)cc2)nc(C)c1Cl. The number of hydrogen-bond donors (Lipinski definition) is 2. The number of anilines is 2. The summed E-state index contributed by atoms with van der Waals surface area (Å²) in [5, 5.41) is 2.76. The molecule has 0 radical (unpaired) electrons. The molecule has 0 fully saturated rings. The summed E-state index contributed by atoms with van der Waals surface area (Å²) in [6.07, 6.45) is 0. The van der Waals surface area contributed by atoms with E-state index in [9.17, 15) is 13.2 Å². The largest absolute Gasteiger partial charge is 0.480 e. The number of hydrogen-bond acceptors (Lipinski definition) is 6. The quantitative estimate of drug-likeness (QED) is 0.834. The molecule has 2 rings (SSSR count). The number of benzene rings is 1. The molecule has 128 valence electrons. The summed E-state index contributed by atoms with van der Waals surface area (Å²) in [5.74, 6) is -0.330. The van der Waals surface area contributed by atoms with Crippen LogP contribution in [-0.4, -0.2) is 31.4 Å². The molecule has 1 amide bonds. The first-order valence-corrected chi connectivity index (χ1v) is 8.57. The van der Waals surface area contributed by atoms with Crippen LogP contribution in [0.3, 0.4) is 0 Å². The summed E-state index contributed by atoms with van der Waals surface area (Å²) in [5.41, 5.74) is 0.865. The van der Waals surface area contributed by atoms with Crippen molar-refractivity contribution >= 4 is 39.2 Å². The molecule has 0 saturated carbocycles. The van der Waals surface area contributed by atoms with Gasteiger partial charge >= 0.3 is 0 Å². The van der Waals surface area contributed by atoms with Gasteiger partial charge in [-0.25, -0.2) is 18.1 Å². The molecular weight excluding hydrogens is 356 g/mol. The van der Waals surface area contributed by atoms with Gasteiger partial charge in [-0.1, -0.05) is 11.6 Å². The summed E-state index contributed by atoms with van der Waals surface area (Å²) in [7, 11) is -2.53. The van der Waals surface area contributed by atoms with E-state index in [1.165, 1.54) is 38.3 Å². The van der Waals surface area contributed by atoms with Gasteiger partial charge < -0.3 is 10.1 Å². The molecule has 0 spiro atoms. The Hall–Kier alpha value is -2.39. The van der Waals surface area contributed by atoms with E-state index in [4.69, 9.17) is 16.3 Å². The van der Waals surface area contributed by atoms with E-state index < -0.39 is 10.0 Å². The molecule has 0 bridgehead atoms. The highest BCUT2D eigenvalue weighted by molar-refractivity contribution is 7.92. The Balaban J connectivity index is 2.28. The fourth-order valence-corrected chi connectivity index (χ4v) is 2.92. The van der Waals surface area contributed by atoms with Crippen molar-refractivity contribution in [2.24, 2.45) is 0 Å². The highest BCUT2D eigenvalue weighted by atomic mass is 35.5. The van der Waals surface area contributed by atoms with Gasteiger partial charge in [0.05, 0.1) is 17.7 Å². The van der Waals surface area contributed by atoms with Gasteiger partial charge in [0, 0.05) is 12.6 Å². The topological polar surface area (TPSA) is 110 Å². The van der Waals surface area contributed by atoms with Crippen molar-refractivity contribution < 1.29 is 17.9 Å². The number of aromatic nitrogens is 2. The zero-order chi connectivity index (χ0) is 17.9. The lowest BCUT2D eigenvalue weighted by atomic mass is 10.3. The molecule has 2 aromatic rings. The number of nitrogens with zero attached hydrogens (tertiary/aromatic N) is 2. The van der Waals surface area contributed by atoms with E-state index in [-0.39, 0.29) is 27.7 Å². The predicted molar refractivity (Wildman–Crippen MR) is 89.9 cm³/mol. The molecule has 1 aromatic carbocycles. The first-order chi connectivity index (χ1) is 11.2. The van der Waals surface area contributed by atoms with E-state index in [2.05, 4.69) is 20.0 Å². The molecule has 0 atom stereocenters. The molecule has 0 aliphatic carbocycles. The van der Waals surface area contributed by atoms with Crippen LogP contribution in [0.2, 0.25) is 5.02 Å². The van der Waals surface area contributed by atoms with Crippen LogP contribution in [0, 0.1) is 6.92 Å². The standard InChI is InChI=1S/C14H15ClN4O4S/c1-8-12(15)13(23-3)18-14(16-8)19-24(21,22)11-6-4-10(5-7-11)17-9(2)20/h4-7H,1-3H3,(H,17,20)(H,16,18,19). The number of sulfonamides is 1. The number of aryl methyl sites for hydroxylation is 1. The molecule has 24 heavy (non-hydrogen) atoms. The average molecular weight is 371 g/mol. The Morgan fingerprint density at radius 2 is 1.83 bits per heavy atom. The molecule has 0 aliphatic rings. The lowest BCUT2D eigenvalue weighted by Crippen LogP contribution is -2.16. The molecular formula is C14H15ClN4O4S. The Morgan fingerprint density at radius 3 is 2.38 bits per heavy atom. The van der Waals surface area contributed by atoms with Crippen molar-refractivity contribution in [1.82, 2.24) is 9.97 Å². The van der Waals surface area contributed by atoms with Gasteiger partial charge in [0.25, 0.3) is 10.0 Å². The molecule has 0 aliphatic heterocycles. The minimum Gasteiger partial charge on any atom is -0.480 e. The Kier molecular flexibility index (Phi) is 5.25. The summed E-state index contributed by atoms with van der Waals surface area (Å²) in [4.78, 5) is 18.9.